The van der Waals surface area contributed by atoms with Crippen molar-refractivity contribution in [3.63, 3.8) is 0 Å². The first kappa shape index (κ1) is 18.1. The molecule has 1 atom stereocenters. The highest BCUT2D eigenvalue weighted by Gasteiger charge is 2.16. The summed E-state index contributed by atoms with van der Waals surface area (Å²) in [6, 6.07) is 13.3. The third kappa shape index (κ3) is 5.13. The van der Waals surface area contributed by atoms with E-state index in [4.69, 9.17) is 0 Å². The zero-order chi connectivity index (χ0) is 18.4. The van der Waals surface area contributed by atoms with E-state index in [1.807, 2.05) is 38.1 Å². The molecule has 2 aromatic rings. The first-order chi connectivity index (χ1) is 11.9. The summed E-state index contributed by atoms with van der Waals surface area (Å²) in [6.45, 7) is 4.25. The number of hydrogen-bond acceptors (Lipinski definition) is 4. The number of carbonyl (C=O) groups excluding carboxylic acids is 2. The molecule has 7 heteroatoms. The number of rotatable bonds is 5. The van der Waals surface area contributed by atoms with Crippen molar-refractivity contribution in [1.29, 1.82) is 0 Å². The van der Waals surface area contributed by atoms with Crippen LogP contribution in [0.25, 0.3) is 0 Å². The molecule has 2 N–H and O–H groups in total. The topological polar surface area (TPSA) is 101 Å². The van der Waals surface area contributed by atoms with E-state index in [2.05, 4.69) is 10.6 Å². The zero-order valence-electron chi connectivity index (χ0n) is 14.0. The van der Waals surface area contributed by atoms with E-state index in [-0.39, 0.29) is 17.3 Å². The van der Waals surface area contributed by atoms with Crippen molar-refractivity contribution in [3.05, 3.63) is 69.8 Å². The lowest BCUT2D eigenvalue weighted by atomic mass is 9.99. The minimum atomic E-state index is -0.864. The van der Waals surface area contributed by atoms with Crippen molar-refractivity contribution in [3.8, 4) is 0 Å². The predicted molar refractivity (Wildman–Crippen MR) is 94.3 cm³/mol. The molecule has 0 fully saturated rings. The van der Waals surface area contributed by atoms with Crippen molar-refractivity contribution in [2.75, 3.05) is 11.9 Å². The molecule has 0 unspecified atom stereocenters. The van der Waals surface area contributed by atoms with Crippen LogP contribution in [0.3, 0.4) is 0 Å². The quantitative estimate of drug-likeness (QED) is 0.496. The Kier molecular flexibility index (Phi) is 5.84. The summed E-state index contributed by atoms with van der Waals surface area (Å²) in [5, 5.41) is 15.6. The van der Waals surface area contributed by atoms with E-state index in [1.54, 1.807) is 0 Å². The molecule has 130 valence electrons. The molecule has 0 aliphatic rings. The van der Waals surface area contributed by atoms with Crippen molar-refractivity contribution in [2.45, 2.75) is 19.8 Å². The van der Waals surface area contributed by atoms with Gasteiger partial charge in [-0.3, -0.25) is 19.7 Å². The fourth-order valence-electron chi connectivity index (χ4n) is 2.31. The number of aryl methyl sites for hydroxylation is 1. The van der Waals surface area contributed by atoms with Gasteiger partial charge in [-0.1, -0.05) is 42.8 Å². The summed E-state index contributed by atoms with van der Waals surface area (Å²) in [4.78, 5) is 34.0. The van der Waals surface area contributed by atoms with Gasteiger partial charge in [-0.2, -0.15) is 0 Å². The van der Waals surface area contributed by atoms with Gasteiger partial charge in [0.05, 0.1) is 4.92 Å². The second-order valence-electron chi connectivity index (χ2n) is 5.79. The molecule has 2 rings (SSSR count). The van der Waals surface area contributed by atoms with E-state index in [1.165, 1.54) is 24.3 Å². The van der Waals surface area contributed by atoms with Crippen LogP contribution >= 0.6 is 0 Å². The lowest BCUT2D eigenvalue weighted by Gasteiger charge is -2.13. The van der Waals surface area contributed by atoms with Gasteiger partial charge in [-0.25, -0.2) is 0 Å². The van der Waals surface area contributed by atoms with Crippen LogP contribution < -0.4 is 10.6 Å². The second kappa shape index (κ2) is 8.05. The summed E-state index contributed by atoms with van der Waals surface area (Å²) < 4.78 is 0. The van der Waals surface area contributed by atoms with Crippen LogP contribution in [0.15, 0.2) is 48.5 Å². The second-order valence-corrected chi connectivity index (χ2v) is 5.79. The van der Waals surface area contributed by atoms with Crippen LogP contribution in [0, 0.1) is 17.0 Å². The van der Waals surface area contributed by atoms with Crippen molar-refractivity contribution in [2.24, 2.45) is 0 Å². The Morgan fingerprint density at radius 1 is 1.12 bits per heavy atom. The van der Waals surface area contributed by atoms with E-state index in [0.717, 1.165) is 11.1 Å². The highest BCUT2D eigenvalue weighted by atomic mass is 16.6. The molecule has 0 aliphatic carbocycles. The Bertz CT molecular complexity index is 804. The number of nitro benzene ring substituents is 1. The number of non-ortho nitro benzene ring substituents is 1. The monoisotopic (exact) mass is 341 g/mol. The maximum absolute atomic E-state index is 11.9. The molecule has 25 heavy (non-hydrogen) atoms. The van der Waals surface area contributed by atoms with Gasteiger partial charge in [-0.15, -0.1) is 0 Å². The summed E-state index contributed by atoms with van der Waals surface area (Å²) in [5.74, 6) is -1.60. The molecule has 0 heterocycles. The average Bonchev–Trinajstić information content (AvgIpc) is 2.59. The molecular formula is C18H19N3O4. The molecule has 0 saturated heterocycles. The van der Waals surface area contributed by atoms with Gasteiger partial charge in [0.1, 0.15) is 0 Å². The summed E-state index contributed by atoms with van der Waals surface area (Å²) in [6.07, 6.45) is 0. The van der Waals surface area contributed by atoms with Crippen LogP contribution in [-0.4, -0.2) is 23.3 Å². The van der Waals surface area contributed by atoms with Gasteiger partial charge < -0.3 is 10.6 Å². The largest absolute Gasteiger partial charge is 0.347 e. The van der Waals surface area contributed by atoms with Crippen molar-refractivity contribution >= 4 is 23.2 Å². The smallest absolute Gasteiger partial charge is 0.313 e. The van der Waals surface area contributed by atoms with Crippen molar-refractivity contribution < 1.29 is 14.5 Å². The van der Waals surface area contributed by atoms with Gasteiger partial charge in [0.15, 0.2) is 0 Å². The third-order valence-corrected chi connectivity index (χ3v) is 3.70. The van der Waals surface area contributed by atoms with Crippen LogP contribution in [0.1, 0.15) is 24.0 Å². The number of benzene rings is 2. The number of hydrogen-bond donors (Lipinski definition) is 2. The molecular weight excluding hydrogens is 322 g/mol. The maximum atomic E-state index is 11.9. The van der Waals surface area contributed by atoms with E-state index in [0.29, 0.717) is 6.54 Å². The maximum Gasteiger partial charge on any atom is 0.313 e. The van der Waals surface area contributed by atoms with Gasteiger partial charge in [0.25, 0.3) is 5.69 Å². The molecule has 0 radical (unpaired) electrons. The number of nitrogens with zero attached hydrogens (tertiary/aromatic N) is 1. The first-order valence-corrected chi connectivity index (χ1v) is 7.77. The first-order valence-electron chi connectivity index (χ1n) is 7.77. The molecule has 7 nitrogen and oxygen atoms in total. The Morgan fingerprint density at radius 2 is 1.84 bits per heavy atom. The highest BCUT2D eigenvalue weighted by molar-refractivity contribution is 6.39. The Balaban J connectivity index is 1.91. The summed E-state index contributed by atoms with van der Waals surface area (Å²) in [5.41, 5.74) is 2.23. The fourth-order valence-corrected chi connectivity index (χ4v) is 2.31. The van der Waals surface area contributed by atoms with Crippen LogP contribution in [-0.2, 0) is 9.59 Å². The molecule has 0 spiro atoms. The highest BCUT2D eigenvalue weighted by Crippen LogP contribution is 2.17. The van der Waals surface area contributed by atoms with Gasteiger partial charge >= 0.3 is 11.8 Å². The zero-order valence-corrected chi connectivity index (χ0v) is 14.0. The Hall–Kier alpha value is -3.22. The van der Waals surface area contributed by atoms with Crippen LogP contribution in [0.2, 0.25) is 0 Å². The van der Waals surface area contributed by atoms with Gasteiger partial charge in [-0.05, 0) is 24.5 Å². The number of anilines is 1. The standard InChI is InChI=1S/C18H19N3O4/c1-12-5-3-6-14(9-12)13(2)11-19-17(22)18(23)20-15-7-4-8-16(10-15)21(24)25/h3-10,13H,11H2,1-2H3,(H,19,22)(H,20,23)/t13-/m0/s1. The molecule has 0 bridgehead atoms. The fraction of sp³-hybridized carbons (Fsp3) is 0.222. The molecule has 2 aromatic carbocycles. The number of amides is 2. The number of nitro groups is 1. The minimum Gasteiger partial charge on any atom is -0.347 e. The SMILES string of the molecule is Cc1cccc([C@@H](C)CNC(=O)C(=O)Nc2cccc([N+](=O)[O-])c2)c1. The summed E-state index contributed by atoms with van der Waals surface area (Å²) in [7, 11) is 0. The average molecular weight is 341 g/mol. The Morgan fingerprint density at radius 3 is 2.52 bits per heavy atom. The molecule has 0 aliphatic heterocycles. The van der Waals surface area contributed by atoms with E-state index < -0.39 is 16.7 Å². The van der Waals surface area contributed by atoms with Crippen molar-refractivity contribution in [1.82, 2.24) is 5.32 Å². The predicted octanol–water partition coefficient (Wildman–Crippen LogP) is 2.76. The Labute approximate surface area is 145 Å². The van der Waals surface area contributed by atoms with E-state index >= 15 is 0 Å². The van der Waals surface area contributed by atoms with Gasteiger partial charge in [0.2, 0.25) is 0 Å². The third-order valence-electron chi connectivity index (χ3n) is 3.70. The molecule has 0 aromatic heterocycles. The van der Waals surface area contributed by atoms with Gasteiger partial charge in [0, 0.05) is 24.4 Å². The van der Waals surface area contributed by atoms with E-state index in [9.17, 15) is 19.7 Å². The van der Waals surface area contributed by atoms with Crippen LogP contribution in [0.4, 0.5) is 11.4 Å². The molecule has 0 saturated carbocycles. The normalized spacial score (nSPS) is 11.4. The summed E-state index contributed by atoms with van der Waals surface area (Å²) >= 11 is 0. The minimum absolute atomic E-state index is 0.0504. The van der Waals surface area contributed by atoms with Crippen LogP contribution in [0.5, 0.6) is 0 Å². The lowest BCUT2D eigenvalue weighted by Crippen LogP contribution is -2.37. The number of nitrogens with one attached hydrogen (secondary N) is 2. The number of carbonyl (C=O) groups is 2. The molecule has 2 amide bonds. The lowest BCUT2D eigenvalue weighted by molar-refractivity contribution is -0.384.